The Labute approximate surface area is 136 Å². The summed E-state index contributed by atoms with van der Waals surface area (Å²) in [7, 11) is 0. The molecular formula is C13H8Cl5N. The fraction of sp³-hybridized carbons (Fsp3) is 0.0769. The molecule has 0 bridgehead atoms. The van der Waals surface area contributed by atoms with Gasteiger partial charge in [0, 0.05) is 22.8 Å². The summed E-state index contributed by atoms with van der Waals surface area (Å²) in [6.07, 6.45) is 0. The Kier molecular flexibility index (Phi) is 5.10. The second-order valence-corrected chi connectivity index (χ2v) is 5.81. The molecule has 0 fully saturated rings. The number of halogens is 5. The van der Waals surface area contributed by atoms with Crippen LogP contribution in [-0.2, 0) is 6.54 Å². The molecule has 100 valence electrons. The van der Waals surface area contributed by atoms with Crippen molar-refractivity contribution in [3.63, 3.8) is 0 Å². The lowest BCUT2D eigenvalue weighted by atomic mass is 10.2. The molecule has 2 aromatic rings. The Hall–Kier alpha value is -0.310. The van der Waals surface area contributed by atoms with Crippen molar-refractivity contribution in [1.29, 1.82) is 0 Å². The van der Waals surface area contributed by atoms with Gasteiger partial charge >= 0.3 is 0 Å². The highest BCUT2D eigenvalue weighted by molar-refractivity contribution is 6.44. The fourth-order valence-electron chi connectivity index (χ4n) is 1.53. The maximum absolute atomic E-state index is 6.12. The molecule has 0 unspecified atom stereocenters. The molecule has 0 aliphatic rings. The number of rotatable bonds is 3. The Balaban J connectivity index is 2.19. The average molecular weight is 355 g/mol. The summed E-state index contributed by atoms with van der Waals surface area (Å²) < 4.78 is 0. The fourth-order valence-corrected chi connectivity index (χ4v) is 2.51. The number of benzene rings is 2. The van der Waals surface area contributed by atoms with Crippen LogP contribution >= 0.6 is 58.0 Å². The Morgan fingerprint density at radius 3 is 2.05 bits per heavy atom. The van der Waals surface area contributed by atoms with Gasteiger partial charge in [-0.05, 0) is 30.3 Å². The Morgan fingerprint density at radius 2 is 1.37 bits per heavy atom. The summed E-state index contributed by atoms with van der Waals surface area (Å²) >= 11 is 30.0. The van der Waals surface area contributed by atoms with Crippen LogP contribution in [0.2, 0.25) is 25.1 Å². The normalized spacial score (nSPS) is 10.6. The SMILES string of the molecule is Clc1ccc(NCc2c(Cl)ccc(Cl)c2Cl)cc1Cl. The Morgan fingerprint density at radius 1 is 0.737 bits per heavy atom. The van der Waals surface area contributed by atoms with Crippen LogP contribution < -0.4 is 5.32 Å². The quantitative estimate of drug-likeness (QED) is 0.614. The molecule has 0 aliphatic heterocycles. The molecule has 19 heavy (non-hydrogen) atoms. The summed E-state index contributed by atoms with van der Waals surface area (Å²) in [5.74, 6) is 0. The van der Waals surface area contributed by atoms with Gasteiger partial charge in [0.15, 0.2) is 0 Å². The smallest absolute Gasteiger partial charge is 0.0657 e. The van der Waals surface area contributed by atoms with Crippen LogP contribution in [0.1, 0.15) is 5.56 Å². The first-order valence-corrected chi connectivity index (χ1v) is 7.19. The molecule has 1 nitrogen and oxygen atoms in total. The van der Waals surface area contributed by atoms with Crippen LogP contribution in [0.4, 0.5) is 5.69 Å². The predicted molar refractivity (Wildman–Crippen MR) is 85.3 cm³/mol. The first-order chi connectivity index (χ1) is 8.99. The molecule has 0 atom stereocenters. The molecule has 0 aromatic heterocycles. The molecule has 2 rings (SSSR count). The van der Waals surface area contributed by atoms with E-state index in [4.69, 9.17) is 58.0 Å². The zero-order chi connectivity index (χ0) is 14.0. The summed E-state index contributed by atoms with van der Waals surface area (Å²) in [5.41, 5.74) is 1.56. The number of nitrogens with one attached hydrogen (secondary N) is 1. The van der Waals surface area contributed by atoms with E-state index in [1.165, 1.54) is 0 Å². The van der Waals surface area contributed by atoms with Crippen LogP contribution in [-0.4, -0.2) is 0 Å². The second-order valence-electron chi connectivity index (χ2n) is 3.80. The van der Waals surface area contributed by atoms with Crippen LogP contribution in [0.3, 0.4) is 0 Å². The van der Waals surface area contributed by atoms with E-state index < -0.39 is 0 Å². The maximum atomic E-state index is 6.12. The van der Waals surface area contributed by atoms with Gasteiger partial charge in [-0.15, -0.1) is 0 Å². The summed E-state index contributed by atoms with van der Waals surface area (Å²) in [5, 5.41) is 5.63. The van der Waals surface area contributed by atoms with Gasteiger partial charge in [0.25, 0.3) is 0 Å². The van der Waals surface area contributed by atoms with Crippen molar-refractivity contribution in [2.45, 2.75) is 6.54 Å². The molecule has 0 radical (unpaired) electrons. The van der Waals surface area contributed by atoms with Crippen LogP contribution in [0.25, 0.3) is 0 Å². The zero-order valence-electron chi connectivity index (χ0n) is 9.48. The van der Waals surface area contributed by atoms with Crippen LogP contribution in [0, 0.1) is 0 Å². The van der Waals surface area contributed by atoms with Crippen molar-refractivity contribution in [3.05, 3.63) is 61.0 Å². The molecule has 0 saturated heterocycles. The highest BCUT2D eigenvalue weighted by atomic mass is 35.5. The summed E-state index contributed by atoms with van der Waals surface area (Å²) in [4.78, 5) is 0. The lowest BCUT2D eigenvalue weighted by molar-refractivity contribution is 1.15. The highest BCUT2D eigenvalue weighted by Gasteiger charge is 2.09. The first kappa shape index (κ1) is 15.1. The summed E-state index contributed by atoms with van der Waals surface area (Å²) in [6, 6.07) is 8.64. The van der Waals surface area contributed by atoms with E-state index in [1.54, 1.807) is 24.3 Å². The third-order valence-electron chi connectivity index (χ3n) is 2.53. The van der Waals surface area contributed by atoms with Gasteiger partial charge in [-0.1, -0.05) is 58.0 Å². The van der Waals surface area contributed by atoms with Gasteiger partial charge in [-0.25, -0.2) is 0 Å². The number of hydrogen-bond donors (Lipinski definition) is 1. The lowest BCUT2D eigenvalue weighted by Gasteiger charge is -2.11. The molecule has 0 heterocycles. The molecule has 2 aromatic carbocycles. The topological polar surface area (TPSA) is 12.0 Å². The standard InChI is InChI=1S/C13H8Cl5N/c14-9-3-4-11(16)13(18)8(9)6-19-7-1-2-10(15)12(17)5-7/h1-5,19H,6H2. The minimum absolute atomic E-state index is 0.441. The molecule has 1 N–H and O–H groups in total. The minimum atomic E-state index is 0.441. The van der Waals surface area contributed by atoms with Gasteiger partial charge in [0.1, 0.15) is 0 Å². The van der Waals surface area contributed by atoms with Crippen molar-refractivity contribution in [3.8, 4) is 0 Å². The van der Waals surface area contributed by atoms with E-state index in [2.05, 4.69) is 5.32 Å². The van der Waals surface area contributed by atoms with Crippen LogP contribution in [0.15, 0.2) is 30.3 Å². The van der Waals surface area contributed by atoms with Crippen molar-refractivity contribution in [2.24, 2.45) is 0 Å². The van der Waals surface area contributed by atoms with Crippen molar-refractivity contribution in [2.75, 3.05) is 5.32 Å². The molecule has 0 saturated carbocycles. The molecule has 0 spiro atoms. The minimum Gasteiger partial charge on any atom is -0.381 e. The van der Waals surface area contributed by atoms with Gasteiger partial charge < -0.3 is 5.32 Å². The van der Waals surface area contributed by atoms with E-state index in [-0.39, 0.29) is 0 Å². The third-order valence-corrected chi connectivity index (χ3v) is 4.46. The monoisotopic (exact) mass is 353 g/mol. The van der Waals surface area contributed by atoms with E-state index in [0.717, 1.165) is 11.3 Å². The summed E-state index contributed by atoms with van der Waals surface area (Å²) in [6.45, 7) is 0.441. The second kappa shape index (κ2) is 6.43. The van der Waals surface area contributed by atoms with Gasteiger partial charge in [0.2, 0.25) is 0 Å². The largest absolute Gasteiger partial charge is 0.381 e. The van der Waals surface area contributed by atoms with E-state index >= 15 is 0 Å². The Bertz CT molecular complexity index is 612. The van der Waals surface area contributed by atoms with E-state index in [0.29, 0.717) is 31.7 Å². The van der Waals surface area contributed by atoms with E-state index in [9.17, 15) is 0 Å². The number of hydrogen-bond acceptors (Lipinski definition) is 1. The maximum Gasteiger partial charge on any atom is 0.0657 e. The van der Waals surface area contributed by atoms with Crippen molar-refractivity contribution in [1.82, 2.24) is 0 Å². The highest BCUT2D eigenvalue weighted by Crippen LogP contribution is 2.32. The lowest BCUT2D eigenvalue weighted by Crippen LogP contribution is -2.01. The molecule has 0 aliphatic carbocycles. The van der Waals surface area contributed by atoms with E-state index in [1.807, 2.05) is 6.07 Å². The van der Waals surface area contributed by atoms with Crippen molar-refractivity contribution >= 4 is 63.7 Å². The number of anilines is 1. The van der Waals surface area contributed by atoms with Gasteiger partial charge in [-0.2, -0.15) is 0 Å². The molecule has 6 heteroatoms. The third kappa shape index (κ3) is 3.62. The average Bonchev–Trinajstić information content (AvgIpc) is 2.38. The molecule has 0 amide bonds. The molecular weight excluding hydrogens is 347 g/mol. The zero-order valence-corrected chi connectivity index (χ0v) is 13.3. The van der Waals surface area contributed by atoms with Crippen molar-refractivity contribution < 1.29 is 0 Å². The van der Waals surface area contributed by atoms with Gasteiger partial charge in [0.05, 0.1) is 20.1 Å². The first-order valence-electron chi connectivity index (χ1n) is 5.30. The van der Waals surface area contributed by atoms with Crippen LogP contribution in [0.5, 0.6) is 0 Å². The predicted octanol–water partition coefficient (Wildman–Crippen LogP) is 6.57. The van der Waals surface area contributed by atoms with Gasteiger partial charge in [-0.3, -0.25) is 0 Å².